The maximum atomic E-state index is 8.97. The lowest BCUT2D eigenvalue weighted by Gasteiger charge is -2.30. The van der Waals surface area contributed by atoms with Gasteiger partial charge in [-0.2, -0.15) is 0 Å². The van der Waals surface area contributed by atoms with Crippen LogP contribution < -0.4 is 5.32 Å². The molecule has 0 amide bonds. The zero-order chi connectivity index (χ0) is 12.5. The van der Waals surface area contributed by atoms with Crippen LogP contribution in [0.5, 0.6) is 0 Å². The summed E-state index contributed by atoms with van der Waals surface area (Å²) in [4.78, 5) is 0. The van der Waals surface area contributed by atoms with Crippen molar-refractivity contribution < 1.29 is 5.11 Å². The molecule has 102 valence electrons. The van der Waals surface area contributed by atoms with E-state index >= 15 is 0 Å². The van der Waals surface area contributed by atoms with Gasteiger partial charge in [-0.15, -0.1) is 0 Å². The van der Waals surface area contributed by atoms with Crippen LogP contribution in [0.15, 0.2) is 0 Å². The van der Waals surface area contributed by atoms with E-state index < -0.39 is 0 Å². The van der Waals surface area contributed by atoms with E-state index in [1.165, 1.54) is 44.9 Å². The molecule has 1 rings (SSSR count). The second kappa shape index (κ2) is 8.93. The van der Waals surface area contributed by atoms with Gasteiger partial charge in [-0.25, -0.2) is 0 Å². The van der Waals surface area contributed by atoms with Crippen molar-refractivity contribution in [3.05, 3.63) is 0 Å². The molecule has 0 heterocycles. The summed E-state index contributed by atoms with van der Waals surface area (Å²) in [5, 5.41) is 12.7. The van der Waals surface area contributed by atoms with Gasteiger partial charge in [0.2, 0.25) is 0 Å². The summed E-state index contributed by atoms with van der Waals surface area (Å²) in [7, 11) is 0. The Morgan fingerprint density at radius 2 is 1.88 bits per heavy atom. The fraction of sp³-hybridized carbons (Fsp3) is 1.00. The highest BCUT2D eigenvalue weighted by molar-refractivity contribution is 4.77. The number of aliphatic hydroxyl groups excluding tert-OH is 1. The average molecular weight is 241 g/mol. The highest BCUT2D eigenvalue weighted by Gasteiger charge is 2.20. The fourth-order valence-corrected chi connectivity index (χ4v) is 3.03. The quantitative estimate of drug-likeness (QED) is 0.683. The zero-order valence-corrected chi connectivity index (χ0v) is 11.8. The lowest BCUT2D eigenvalue weighted by atomic mass is 9.83. The molecule has 0 aromatic heterocycles. The number of aliphatic hydroxyl groups is 1. The van der Waals surface area contributed by atoms with E-state index in [9.17, 15) is 0 Å². The van der Waals surface area contributed by atoms with E-state index in [0.717, 1.165) is 24.9 Å². The molecule has 1 saturated carbocycles. The van der Waals surface area contributed by atoms with E-state index in [1.54, 1.807) is 0 Å². The summed E-state index contributed by atoms with van der Waals surface area (Å²) in [6.07, 6.45) is 10.5. The first-order chi connectivity index (χ1) is 8.30. The van der Waals surface area contributed by atoms with Gasteiger partial charge >= 0.3 is 0 Å². The van der Waals surface area contributed by atoms with Crippen LogP contribution in [0, 0.1) is 11.8 Å². The number of hydrogen-bond donors (Lipinski definition) is 2. The topological polar surface area (TPSA) is 32.3 Å². The molecule has 17 heavy (non-hydrogen) atoms. The molecule has 2 heteroatoms. The Bertz CT molecular complexity index is 176. The van der Waals surface area contributed by atoms with Gasteiger partial charge in [0.1, 0.15) is 0 Å². The molecule has 2 N–H and O–H groups in total. The van der Waals surface area contributed by atoms with E-state index in [-0.39, 0.29) is 0 Å². The van der Waals surface area contributed by atoms with Crippen molar-refractivity contribution in [2.75, 3.05) is 13.2 Å². The van der Waals surface area contributed by atoms with Gasteiger partial charge in [-0.1, -0.05) is 33.1 Å². The molecule has 0 aromatic carbocycles. The lowest BCUT2D eigenvalue weighted by molar-refractivity contribution is 0.234. The third kappa shape index (κ3) is 5.87. The van der Waals surface area contributed by atoms with Crippen molar-refractivity contribution in [3.63, 3.8) is 0 Å². The molecule has 0 bridgehead atoms. The molecule has 0 spiro atoms. The third-order valence-electron chi connectivity index (χ3n) is 4.35. The van der Waals surface area contributed by atoms with Gasteiger partial charge in [0.15, 0.2) is 0 Å². The van der Waals surface area contributed by atoms with Crippen LogP contribution in [0.25, 0.3) is 0 Å². The molecule has 1 fully saturated rings. The van der Waals surface area contributed by atoms with E-state index in [2.05, 4.69) is 19.2 Å². The standard InChI is InChI=1S/C15H31NO/c1-3-5-14-6-8-15(9-7-14)16-12-13(4-2)10-11-17/h13-17H,3-12H2,1-2H3. The molecular weight excluding hydrogens is 210 g/mol. The summed E-state index contributed by atoms with van der Waals surface area (Å²) < 4.78 is 0. The maximum Gasteiger partial charge on any atom is 0.0434 e. The van der Waals surface area contributed by atoms with E-state index in [4.69, 9.17) is 5.11 Å². The lowest BCUT2D eigenvalue weighted by Crippen LogP contribution is -2.36. The van der Waals surface area contributed by atoms with Gasteiger partial charge in [-0.3, -0.25) is 0 Å². The Morgan fingerprint density at radius 3 is 2.41 bits per heavy atom. The first-order valence-corrected chi connectivity index (χ1v) is 7.64. The Balaban J connectivity index is 2.12. The molecular formula is C15H31NO. The number of hydrogen-bond acceptors (Lipinski definition) is 2. The van der Waals surface area contributed by atoms with Gasteiger partial charge in [0.05, 0.1) is 0 Å². The van der Waals surface area contributed by atoms with Gasteiger partial charge < -0.3 is 10.4 Å². The SMILES string of the molecule is CCCC1CCC(NCC(CC)CCO)CC1. The molecule has 0 aliphatic heterocycles. The predicted molar refractivity (Wildman–Crippen MR) is 74.1 cm³/mol. The normalized spacial score (nSPS) is 27.0. The molecule has 1 atom stereocenters. The fourth-order valence-electron chi connectivity index (χ4n) is 3.03. The van der Waals surface area contributed by atoms with E-state index in [1.807, 2.05) is 0 Å². The minimum atomic E-state index is 0.337. The van der Waals surface area contributed by atoms with E-state index in [0.29, 0.717) is 12.5 Å². The Morgan fingerprint density at radius 1 is 1.18 bits per heavy atom. The highest BCUT2D eigenvalue weighted by atomic mass is 16.3. The summed E-state index contributed by atoms with van der Waals surface area (Å²) in [6, 6.07) is 0.746. The molecule has 1 aliphatic rings. The smallest absolute Gasteiger partial charge is 0.0434 e. The van der Waals surface area contributed by atoms with Crippen LogP contribution in [0.4, 0.5) is 0 Å². The monoisotopic (exact) mass is 241 g/mol. The largest absolute Gasteiger partial charge is 0.396 e. The van der Waals surface area contributed by atoms with Crippen LogP contribution in [0.1, 0.15) is 65.2 Å². The first-order valence-electron chi connectivity index (χ1n) is 7.64. The molecule has 0 aromatic rings. The van der Waals surface area contributed by atoms with Crippen molar-refractivity contribution in [2.45, 2.75) is 71.3 Å². The number of rotatable bonds is 8. The predicted octanol–water partition coefficient (Wildman–Crippen LogP) is 3.34. The summed E-state index contributed by atoms with van der Waals surface area (Å²) >= 11 is 0. The third-order valence-corrected chi connectivity index (χ3v) is 4.35. The van der Waals surface area contributed by atoms with Crippen LogP contribution >= 0.6 is 0 Å². The van der Waals surface area contributed by atoms with Crippen molar-refractivity contribution in [3.8, 4) is 0 Å². The Kier molecular flexibility index (Phi) is 7.87. The molecule has 2 nitrogen and oxygen atoms in total. The Labute approximate surface area is 107 Å². The minimum absolute atomic E-state index is 0.337. The second-order valence-corrected chi connectivity index (χ2v) is 5.70. The second-order valence-electron chi connectivity index (χ2n) is 5.70. The number of nitrogens with one attached hydrogen (secondary N) is 1. The molecule has 0 saturated heterocycles. The van der Waals surface area contributed by atoms with Crippen LogP contribution in [-0.2, 0) is 0 Å². The average Bonchev–Trinajstić information content (AvgIpc) is 2.36. The van der Waals surface area contributed by atoms with Gasteiger partial charge in [0, 0.05) is 12.6 Å². The van der Waals surface area contributed by atoms with Crippen LogP contribution in [0.2, 0.25) is 0 Å². The van der Waals surface area contributed by atoms with Crippen molar-refractivity contribution in [1.29, 1.82) is 0 Å². The summed E-state index contributed by atoms with van der Waals surface area (Å²) in [5.41, 5.74) is 0. The van der Waals surface area contributed by atoms with Crippen LogP contribution in [-0.4, -0.2) is 24.3 Å². The van der Waals surface area contributed by atoms with Gasteiger partial charge in [-0.05, 0) is 50.5 Å². The molecule has 1 unspecified atom stereocenters. The maximum absolute atomic E-state index is 8.97. The van der Waals surface area contributed by atoms with Crippen molar-refractivity contribution in [2.24, 2.45) is 11.8 Å². The Hall–Kier alpha value is -0.0800. The minimum Gasteiger partial charge on any atom is -0.396 e. The highest BCUT2D eigenvalue weighted by Crippen LogP contribution is 2.27. The summed E-state index contributed by atoms with van der Waals surface area (Å²) in [6.45, 7) is 5.95. The van der Waals surface area contributed by atoms with Crippen molar-refractivity contribution >= 4 is 0 Å². The molecule has 0 radical (unpaired) electrons. The van der Waals surface area contributed by atoms with Gasteiger partial charge in [0.25, 0.3) is 0 Å². The van der Waals surface area contributed by atoms with Crippen molar-refractivity contribution in [1.82, 2.24) is 5.32 Å². The first kappa shape index (κ1) is 15.0. The summed E-state index contributed by atoms with van der Waals surface area (Å²) in [5.74, 6) is 1.66. The van der Waals surface area contributed by atoms with Crippen LogP contribution in [0.3, 0.4) is 0 Å². The zero-order valence-electron chi connectivity index (χ0n) is 11.8. The molecule has 1 aliphatic carbocycles.